The smallest absolute Gasteiger partial charge is 0.378 e. The molecule has 9 heteroatoms. The highest BCUT2D eigenvalue weighted by atomic mass is 32.2. The summed E-state index contributed by atoms with van der Waals surface area (Å²) in [6.07, 6.45) is 6.34. The number of anilines is 1. The number of alkyl halides is 3. The van der Waals surface area contributed by atoms with Gasteiger partial charge in [-0.3, -0.25) is 0 Å². The summed E-state index contributed by atoms with van der Waals surface area (Å²) in [6, 6.07) is 6.34. The molecule has 0 bridgehead atoms. The van der Waals surface area contributed by atoms with Gasteiger partial charge in [-0.05, 0) is 36.4 Å². The van der Waals surface area contributed by atoms with E-state index in [1.54, 1.807) is 24.3 Å². The normalized spacial score (nSPS) is 14.3. The van der Waals surface area contributed by atoms with Crippen molar-refractivity contribution in [3.05, 3.63) is 59.7 Å². The lowest BCUT2D eigenvalue weighted by Gasteiger charge is -2.17. The first-order chi connectivity index (χ1) is 12.4. The summed E-state index contributed by atoms with van der Waals surface area (Å²) in [6.45, 7) is 0. The first-order valence-electron chi connectivity index (χ1n) is 7.85. The quantitative estimate of drug-likeness (QED) is 0.337. The fourth-order valence-corrected chi connectivity index (χ4v) is 2.75. The Morgan fingerprint density at radius 1 is 1.00 bits per heavy atom. The second-order valence-electron chi connectivity index (χ2n) is 6.19. The predicted octanol–water partition coefficient (Wildman–Crippen LogP) is 3.17. The van der Waals surface area contributed by atoms with Gasteiger partial charge in [0, 0.05) is 43.1 Å². The molecule has 0 spiro atoms. The number of rotatable bonds is 4. The van der Waals surface area contributed by atoms with E-state index in [2.05, 4.69) is 4.18 Å². The maximum atomic E-state index is 12.8. The third-order valence-corrected chi connectivity index (χ3v) is 4.72. The van der Waals surface area contributed by atoms with Gasteiger partial charge < -0.3 is 9.08 Å². The van der Waals surface area contributed by atoms with E-state index in [9.17, 15) is 21.6 Å². The third kappa shape index (κ3) is 4.79. The fraction of sp³-hybridized carbons (Fsp3) is 0.278. The Balaban J connectivity index is 2.57. The number of hydrogen-bond donors (Lipinski definition) is 0. The van der Waals surface area contributed by atoms with Gasteiger partial charge in [-0.15, -0.1) is 0 Å². The first-order valence-corrected chi connectivity index (χ1v) is 9.26. The highest BCUT2D eigenvalue weighted by molar-refractivity contribution is 7.87. The van der Waals surface area contributed by atoms with Crippen LogP contribution in [0.25, 0.3) is 5.76 Å². The molecular weight excluding hydrogens is 381 g/mol. The van der Waals surface area contributed by atoms with Crippen molar-refractivity contribution in [2.45, 2.75) is 5.51 Å². The topological polar surface area (TPSA) is 49.6 Å². The molecule has 146 valence electrons. The van der Waals surface area contributed by atoms with Crippen molar-refractivity contribution in [3.8, 4) is 0 Å². The van der Waals surface area contributed by atoms with Gasteiger partial charge in [-0.25, -0.2) is 4.58 Å². The van der Waals surface area contributed by atoms with Gasteiger partial charge in [0.25, 0.3) is 0 Å². The predicted molar refractivity (Wildman–Crippen MR) is 99.1 cm³/mol. The monoisotopic (exact) mass is 401 g/mol. The average molecular weight is 401 g/mol. The zero-order valence-corrected chi connectivity index (χ0v) is 16.1. The van der Waals surface area contributed by atoms with Crippen LogP contribution in [0.1, 0.15) is 5.56 Å². The number of allylic oxidation sites excluding steroid dienone is 5. The molecule has 0 N–H and O–H groups in total. The maximum Gasteiger partial charge on any atom is 0.534 e. The molecule has 0 atom stereocenters. The molecular formula is C18H20F3N2O3S+. The van der Waals surface area contributed by atoms with Crippen molar-refractivity contribution >= 4 is 27.3 Å². The summed E-state index contributed by atoms with van der Waals surface area (Å²) in [7, 11) is 1.43. The Bertz CT molecular complexity index is 917. The summed E-state index contributed by atoms with van der Waals surface area (Å²) in [5.74, 6) is -0.386. The number of benzene rings is 1. The van der Waals surface area contributed by atoms with Crippen LogP contribution in [0.15, 0.2) is 54.1 Å². The van der Waals surface area contributed by atoms with Crippen molar-refractivity contribution in [3.63, 3.8) is 0 Å². The summed E-state index contributed by atoms with van der Waals surface area (Å²) < 4.78 is 67.9. The van der Waals surface area contributed by atoms with E-state index in [1.165, 1.54) is 24.3 Å². The molecule has 1 aliphatic rings. The molecule has 2 rings (SSSR count). The molecule has 1 aromatic carbocycles. The van der Waals surface area contributed by atoms with Gasteiger partial charge >= 0.3 is 15.6 Å². The highest BCUT2D eigenvalue weighted by Gasteiger charge is 2.49. The second kappa shape index (κ2) is 7.59. The van der Waals surface area contributed by atoms with Gasteiger partial charge in [-0.2, -0.15) is 21.6 Å². The lowest BCUT2D eigenvalue weighted by Crippen LogP contribution is -2.25. The Kier molecular flexibility index (Phi) is 5.84. The first kappa shape index (κ1) is 20.8. The largest absolute Gasteiger partial charge is 0.534 e. The van der Waals surface area contributed by atoms with Gasteiger partial charge in [-0.1, -0.05) is 0 Å². The van der Waals surface area contributed by atoms with E-state index < -0.39 is 15.6 Å². The Morgan fingerprint density at radius 3 is 1.93 bits per heavy atom. The van der Waals surface area contributed by atoms with Crippen molar-refractivity contribution in [1.82, 2.24) is 0 Å². The average Bonchev–Trinajstić information content (AvgIpc) is 2.59. The van der Waals surface area contributed by atoms with Crippen molar-refractivity contribution in [2.75, 3.05) is 33.1 Å². The van der Waals surface area contributed by atoms with E-state index in [0.717, 1.165) is 11.4 Å². The van der Waals surface area contributed by atoms with Crippen LogP contribution in [0, 0.1) is 0 Å². The lowest BCUT2D eigenvalue weighted by atomic mass is 10.0. The Hall–Kier alpha value is -2.55. The molecule has 0 saturated carbocycles. The Labute approximate surface area is 156 Å². The van der Waals surface area contributed by atoms with E-state index in [1.807, 2.05) is 37.7 Å². The molecule has 0 aromatic heterocycles. The molecule has 1 aromatic rings. The molecule has 1 aliphatic carbocycles. The van der Waals surface area contributed by atoms with Crippen molar-refractivity contribution in [2.24, 2.45) is 0 Å². The standard InChI is InChI=1S/C18H20F3N2O3S/c1-22(2)15-9-5-13(6-10-15)17(26-27(24,25)18(19,20)21)14-7-11-16(12-8-14)23(3)4/h5-12H,1-4H3/q+1. The lowest BCUT2D eigenvalue weighted by molar-refractivity contribution is -0.462. The van der Waals surface area contributed by atoms with Crippen LogP contribution in [-0.4, -0.2) is 52.4 Å². The van der Waals surface area contributed by atoms with E-state index in [4.69, 9.17) is 0 Å². The SMILES string of the molecule is CN(C)c1ccc(C(OS(=O)(=O)C(F)(F)F)=C2C=CC(=[N+](C)C)C=C2)cc1. The maximum absolute atomic E-state index is 12.8. The number of nitrogens with zero attached hydrogens (tertiary/aromatic N) is 2. The molecule has 0 heterocycles. The minimum atomic E-state index is -5.80. The highest BCUT2D eigenvalue weighted by Crippen LogP contribution is 2.33. The van der Waals surface area contributed by atoms with Gasteiger partial charge in [0.15, 0.2) is 11.5 Å². The fourth-order valence-electron chi connectivity index (χ4n) is 2.24. The van der Waals surface area contributed by atoms with Crippen LogP contribution in [0.3, 0.4) is 0 Å². The van der Waals surface area contributed by atoms with Crippen LogP contribution in [0.2, 0.25) is 0 Å². The van der Waals surface area contributed by atoms with Crippen molar-refractivity contribution in [1.29, 1.82) is 0 Å². The van der Waals surface area contributed by atoms with Gasteiger partial charge in [0.05, 0.1) is 0 Å². The van der Waals surface area contributed by atoms with Crippen molar-refractivity contribution < 1.29 is 30.3 Å². The molecule has 0 unspecified atom stereocenters. The van der Waals surface area contributed by atoms with Crippen LogP contribution in [0.5, 0.6) is 0 Å². The Morgan fingerprint density at radius 2 is 1.52 bits per heavy atom. The third-order valence-electron chi connectivity index (χ3n) is 3.77. The molecule has 27 heavy (non-hydrogen) atoms. The number of halogens is 3. The summed E-state index contributed by atoms with van der Waals surface area (Å²) in [5, 5.41) is 0. The summed E-state index contributed by atoms with van der Waals surface area (Å²) in [5.41, 5.74) is -3.48. The van der Waals surface area contributed by atoms with Gasteiger partial charge in [0.2, 0.25) is 0 Å². The second-order valence-corrected chi connectivity index (χ2v) is 7.73. The van der Waals surface area contributed by atoms with E-state index >= 15 is 0 Å². The molecule has 0 radical (unpaired) electrons. The summed E-state index contributed by atoms with van der Waals surface area (Å²) in [4.78, 5) is 1.81. The molecule has 0 saturated heterocycles. The molecule has 0 amide bonds. The molecule has 0 aliphatic heterocycles. The van der Waals surface area contributed by atoms with Crippen LogP contribution in [-0.2, 0) is 14.3 Å². The van der Waals surface area contributed by atoms with Crippen LogP contribution >= 0.6 is 0 Å². The molecule has 0 fully saturated rings. The van der Waals surface area contributed by atoms with Gasteiger partial charge in [0.1, 0.15) is 14.1 Å². The number of hydrogen-bond acceptors (Lipinski definition) is 4. The van der Waals surface area contributed by atoms with E-state index in [-0.39, 0.29) is 16.9 Å². The minimum Gasteiger partial charge on any atom is -0.378 e. The zero-order chi connectivity index (χ0) is 20.4. The summed E-state index contributed by atoms with van der Waals surface area (Å²) >= 11 is 0. The zero-order valence-electron chi connectivity index (χ0n) is 15.3. The van der Waals surface area contributed by atoms with Crippen LogP contribution < -0.4 is 4.90 Å². The van der Waals surface area contributed by atoms with E-state index in [0.29, 0.717) is 0 Å². The van der Waals surface area contributed by atoms with Crippen LogP contribution in [0.4, 0.5) is 18.9 Å². The minimum absolute atomic E-state index is 0.214. The molecule has 5 nitrogen and oxygen atoms in total.